The third kappa shape index (κ3) is 5.85. The lowest BCUT2D eigenvalue weighted by Gasteiger charge is -2.19. The van der Waals surface area contributed by atoms with Gasteiger partial charge in [0.15, 0.2) is 0 Å². The number of rotatable bonds is 8. The summed E-state index contributed by atoms with van der Waals surface area (Å²) in [6, 6.07) is 20.8. The molecule has 1 amide bonds. The van der Waals surface area contributed by atoms with Crippen LogP contribution in [0.5, 0.6) is 5.75 Å². The Morgan fingerprint density at radius 1 is 1.00 bits per heavy atom. The Morgan fingerprint density at radius 2 is 1.77 bits per heavy atom. The van der Waals surface area contributed by atoms with Crippen LogP contribution in [0.4, 0.5) is 4.79 Å². The summed E-state index contributed by atoms with van der Waals surface area (Å²) < 4.78 is 16.7. The summed E-state index contributed by atoms with van der Waals surface area (Å²) in [5, 5.41) is 4.17. The van der Waals surface area contributed by atoms with E-state index in [9.17, 15) is 14.4 Å². The van der Waals surface area contributed by atoms with Gasteiger partial charge in [0.05, 0.1) is 5.39 Å². The minimum absolute atomic E-state index is 0.0585. The molecular formula is C31H28N2O6. The number of para-hydroxylation sites is 1. The van der Waals surface area contributed by atoms with Gasteiger partial charge in [-0.05, 0) is 53.8 Å². The SMILES string of the molecule is CCc1cc(=O)oc2cc(C)cc(OC(=O)C(Cc3c[nH]c4ccccc34)NC(=O)OCc3ccccc3)c12. The minimum atomic E-state index is -1.05. The molecule has 2 aromatic heterocycles. The van der Waals surface area contributed by atoms with E-state index in [0.29, 0.717) is 23.0 Å². The van der Waals surface area contributed by atoms with Crippen molar-refractivity contribution in [3.05, 3.63) is 112 Å². The number of H-pyrrole nitrogens is 1. The normalized spacial score (nSPS) is 11.8. The van der Waals surface area contributed by atoms with Crippen LogP contribution in [0.3, 0.4) is 0 Å². The molecule has 1 unspecified atom stereocenters. The fourth-order valence-electron chi connectivity index (χ4n) is 4.63. The zero-order valence-electron chi connectivity index (χ0n) is 21.7. The standard InChI is InChI=1S/C31H28N2O6/c1-3-21-16-28(34)38-26-13-19(2)14-27(29(21)26)39-30(35)25(15-22-17-32-24-12-8-7-11-23(22)24)33-31(36)37-18-20-9-5-4-6-10-20/h4-14,16-17,25,32H,3,15,18H2,1-2H3,(H,33,36). The van der Waals surface area contributed by atoms with Crippen molar-refractivity contribution < 1.29 is 23.5 Å². The number of alkyl carbamates (subject to hydrolysis) is 1. The number of amides is 1. The summed E-state index contributed by atoms with van der Waals surface area (Å²) in [5.41, 5.74) is 3.90. The lowest BCUT2D eigenvalue weighted by molar-refractivity contribution is -0.136. The molecule has 198 valence electrons. The van der Waals surface area contributed by atoms with Crippen LogP contribution in [0.1, 0.15) is 29.2 Å². The molecule has 39 heavy (non-hydrogen) atoms. The molecule has 8 nitrogen and oxygen atoms in total. The Bertz CT molecular complexity index is 1700. The van der Waals surface area contributed by atoms with Crippen molar-refractivity contribution in [3.63, 3.8) is 0 Å². The predicted octanol–water partition coefficient (Wildman–Crippen LogP) is 5.59. The fraction of sp³-hybridized carbons (Fsp3) is 0.194. The smallest absolute Gasteiger partial charge is 0.408 e. The van der Waals surface area contributed by atoms with Crippen LogP contribution in [0.25, 0.3) is 21.9 Å². The number of carbonyl (C=O) groups is 2. The van der Waals surface area contributed by atoms with E-state index >= 15 is 0 Å². The largest absolute Gasteiger partial charge is 0.445 e. The number of aromatic amines is 1. The maximum absolute atomic E-state index is 13.6. The van der Waals surface area contributed by atoms with E-state index in [0.717, 1.165) is 27.6 Å². The molecule has 0 fully saturated rings. The second-order valence-corrected chi connectivity index (χ2v) is 9.32. The Hall–Kier alpha value is -4.85. The first-order valence-electron chi connectivity index (χ1n) is 12.7. The van der Waals surface area contributed by atoms with Gasteiger partial charge < -0.3 is 24.2 Å². The van der Waals surface area contributed by atoms with Crippen LogP contribution in [-0.2, 0) is 29.0 Å². The van der Waals surface area contributed by atoms with Gasteiger partial charge >= 0.3 is 17.7 Å². The molecule has 0 aliphatic rings. The lowest BCUT2D eigenvalue weighted by atomic mass is 10.0. The van der Waals surface area contributed by atoms with Crippen molar-refractivity contribution >= 4 is 33.9 Å². The number of hydrogen-bond donors (Lipinski definition) is 2. The zero-order valence-corrected chi connectivity index (χ0v) is 21.7. The molecule has 0 aliphatic carbocycles. The molecule has 0 radical (unpaired) electrons. The van der Waals surface area contributed by atoms with Gasteiger partial charge in [0.25, 0.3) is 0 Å². The number of fused-ring (bicyclic) bond motifs is 2. The monoisotopic (exact) mass is 524 g/mol. The zero-order chi connectivity index (χ0) is 27.4. The Labute approximate surface area is 224 Å². The van der Waals surface area contributed by atoms with Crippen molar-refractivity contribution in [1.82, 2.24) is 10.3 Å². The maximum atomic E-state index is 13.6. The number of ether oxygens (including phenoxy) is 2. The topological polar surface area (TPSA) is 111 Å². The number of aryl methyl sites for hydroxylation is 2. The minimum Gasteiger partial charge on any atom is -0.445 e. The highest BCUT2D eigenvalue weighted by molar-refractivity contribution is 5.92. The highest BCUT2D eigenvalue weighted by Crippen LogP contribution is 2.31. The van der Waals surface area contributed by atoms with Crippen LogP contribution in [0.2, 0.25) is 0 Å². The van der Waals surface area contributed by atoms with Crippen molar-refractivity contribution in [1.29, 1.82) is 0 Å². The molecule has 2 heterocycles. The molecule has 0 spiro atoms. The Balaban J connectivity index is 1.44. The first-order chi connectivity index (χ1) is 18.9. The van der Waals surface area contributed by atoms with Crippen LogP contribution < -0.4 is 15.7 Å². The van der Waals surface area contributed by atoms with E-state index in [1.807, 2.05) is 74.6 Å². The predicted molar refractivity (Wildman–Crippen MR) is 148 cm³/mol. The molecule has 2 N–H and O–H groups in total. The number of esters is 1. The van der Waals surface area contributed by atoms with Crippen LogP contribution in [0, 0.1) is 6.92 Å². The molecule has 0 saturated heterocycles. The molecule has 5 aromatic rings. The van der Waals surface area contributed by atoms with Crippen LogP contribution in [-0.4, -0.2) is 23.1 Å². The fourth-order valence-corrected chi connectivity index (χ4v) is 4.63. The maximum Gasteiger partial charge on any atom is 0.408 e. The van der Waals surface area contributed by atoms with Crippen molar-refractivity contribution in [2.75, 3.05) is 0 Å². The van der Waals surface area contributed by atoms with Crippen molar-refractivity contribution in [2.45, 2.75) is 39.3 Å². The average Bonchev–Trinajstić information content (AvgIpc) is 3.34. The lowest BCUT2D eigenvalue weighted by Crippen LogP contribution is -2.44. The van der Waals surface area contributed by atoms with E-state index in [4.69, 9.17) is 13.9 Å². The van der Waals surface area contributed by atoms with Gasteiger partial charge in [-0.3, -0.25) is 0 Å². The first kappa shape index (κ1) is 25.8. The molecule has 0 aliphatic heterocycles. The highest BCUT2D eigenvalue weighted by Gasteiger charge is 2.27. The summed E-state index contributed by atoms with van der Waals surface area (Å²) in [6.45, 7) is 3.78. The number of hydrogen-bond acceptors (Lipinski definition) is 6. The van der Waals surface area contributed by atoms with Gasteiger partial charge in [-0.15, -0.1) is 0 Å². The van der Waals surface area contributed by atoms with E-state index in [1.165, 1.54) is 6.07 Å². The molecule has 1 atom stereocenters. The summed E-state index contributed by atoms with van der Waals surface area (Å²) in [4.78, 5) is 41.6. The van der Waals surface area contributed by atoms with Gasteiger partial charge in [0, 0.05) is 29.6 Å². The highest BCUT2D eigenvalue weighted by atomic mass is 16.6. The van der Waals surface area contributed by atoms with E-state index in [1.54, 1.807) is 12.1 Å². The molecular weight excluding hydrogens is 496 g/mol. The number of aromatic nitrogens is 1. The molecule has 0 bridgehead atoms. The molecule has 3 aromatic carbocycles. The van der Waals surface area contributed by atoms with Gasteiger partial charge in [0.2, 0.25) is 0 Å². The van der Waals surface area contributed by atoms with Gasteiger partial charge in [0.1, 0.15) is 24.0 Å². The van der Waals surface area contributed by atoms with Crippen LogP contribution in [0.15, 0.2) is 88.2 Å². The van der Waals surface area contributed by atoms with Crippen molar-refractivity contribution in [3.8, 4) is 5.75 Å². The number of nitrogens with one attached hydrogen (secondary N) is 2. The molecule has 8 heteroatoms. The number of carbonyl (C=O) groups excluding carboxylic acids is 2. The molecule has 0 saturated carbocycles. The van der Waals surface area contributed by atoms with Gasteiger partial charge in [-0.1, -0.05) is 55.5 Å². The second kappa shape index (κ2) is 11.3. The third-order valence-corrected chi connectivity index (χ3v) is 6.51. The van der Waals surface area contributed by atoms with E-state index < -0.39 is 23.7 Å². The summed E-state index contributed by atoms with van der Waals surface area (Å²) in [5.74, 6) is -0.406. The summed E-state index contributed by atoms with van der Waals surface area (Å²) >= 11 is 0. The van der Waals surface area contributed by atoms with Gasteiger partial charge in [-0.2, -0.15) is 0 Å². The van der Waals surface area contributed by atoms with E-state index in [2.05, 4.69) is 10.3 Å². The molecule has 5 rings (SSSR count). The van der Waals surface area contributed by atoms with Crippen LogP contribution >= 0.6 is 0 Å². The summed E-state index contributed by atoms with van der Waals surface area (Å²) in [6.07, 6.45) is 1.78. The second-order valence-electron chi connectivity index (χ2n) is 9.32. The Morgan fingerprint density at radius 3 is 2.56 bits per heavy atom. The average molecular weight is 525 g/mol. The first-order valence-corrected chi connectivity index (χ1v) is 12.7. The number of benzene rings is 3. The third-order valence-electron chi connectivity index (χ3n) is 6.51. The van der Waals surface area contributed by atoms with E-state index in [-0.39, 0.29) is 18.8 Å². The van der Waals surface area contributed by atoms with Crippen molar-refractivity contribution in [2.24, 2.45) is 0 Å². The van der Waals surface area contributed by atoms with Gasteiger partial charge in [-0.25, -0.2) is 14.4 Å². The quantitative estimate of drug-likeness (QED) is 0.156. The Kier molecular flexibility index (Phi) is 7.45. The summed E-state index contributed by atoms with van der Waals surface area (Å²) in [7, 11) is 0.